The average Bonchev–Trinajstić information content (AvgIpc) is 2.59. The number of nitrogens with one attached hydrogen (secondary N) is 1. The third-order valence-corrected chi connectivity index (χ3v) is 4.46. The molecule has 1 heterocycles. The molecule has 2 nitrogen and oxygen atoms in total. The van der Waals surface area contributed by atoms with E-state index in [0.717, 1.165) is 6.04 Å². The van der Waals surface area contributed by atoms with Crippen LogP contribution in [-0.2, 0) is 0 Å². The minimum atomic E-state index is 0.965. The van der Waals surface area contributed by atoms with Crippen LogP contribution in [0.2, 0.25) is 0 Å². The molecule has 16 heavy (non-hydrogen) atoms. The van der Waals surface area contributed by atoms with Crippen LogP contribution in [-0.4, -0.2) is 32.2 Å². The van der Waals surface area contributed by atoms with Crippen molar-refractivity contribution in [2.45, 2.75) is 63.8 Å². The van der Waals surface area contributed by atoms with Gasteiger partial charge in [0, 0.05) is 0 Å². The summed E-state index contributed by atoms with van der Waals surface area (Å²) in [4.78, 5) is 1.87. The van der Waals surface area contributed by atoms with E-state index in [4.69, 9.17) is 0 Å². The summed E-state index contributed by atoms with van der Waals surface area (Å²) in [6.45, 7) is 5.67. The molecule has 0 radical (unpaired) electrons. The van der Waals surface area contributed by atoms with Crippen LogP contribution in [0.15, 0.2) is 0 Å². The van der Waals surface area contributed by atoms with E-state index in [9.17, 15) is 0 Å². The predicted octanol–water partition coefficient (Wildman–Crippen LogP) is 0.341. The van der Waals surface area contributed by atoms with Gasteiger partial charge in [-0.2, -0.15) is 0 Å². The summed E-state index contributed by atoms with van der Waals surface area (Å²) in [5.41, 5.74) is 0. The Morgan fingerprint density at radius 2 is 1.44 bits per heavy atom. The number of hydrogen-bond acceptors (Lipinski definition) is 0. The first-order valence-corrected chi connectivity index (χ1v) is 7.62. The van der Waals surface area contributed by atoms with Gasteiger partial charge < -0.3 is 10.2 Å². The lowest BCUT2D eigenvalue weighted by Gasteiger charge is -2.23. The number of piperidine rings is 1. The van der Waals surface area contributed by atoms with Gasteiger partial charge in [-0.05, 0) is 44.9 Å². The molecule has 94 valence electrons. The third kappa shape index (κ3) is 4.42. The first-order valence-electron chi connectivity index (χ1n) is 7.62. The highest BCUT2D eigenvalue weighted by Crippen LogP contribution is 2.14. The van der Waals surface area contributed by atoms with Crippen LogP contribution >= 0.6 is 0 Å². The van der Waals surface area contributed by atoms with Gasteiger partial charge in [0.15, 0.2) is 0 Å². The Morgan fingerprint density at radius 3 is 2.12 bits per heavy atom. The zero-order chi connectivity index (χ0) is 11.1. The minimum absolute atomic E-state index is 0.965. The van der Waals surface area contributed by atoms with E-state index in [1.807, 2.05) is 4.90 Å². The van der Waals surface area contributed by atoms with E-state index in [1.54, 1.807) is 0 Å². The van der Waals surface area contributed by atoms with Crippen molar-refractivity contribution >= 4 is 0 Å². The molecule has 0 atom stereocenters. The van der Waals surface area contributed by atoms with Crippen LogP contribution in [0.4, 0.5) is 0 Å². The molecule has 2 fully saturated rings. The summed E-state index contributed by atoms with van der Waals surface area (Å²) in [5.74, 6) is 0. The Balaban J connectivity index is 1.55. The van der Waals surface area contributed by atoms with Crippen molar-refractivity contribution in [3.63, 3.8) is 0 Å². The maximum atomic E-state index is 2.66. The molecule has 1 aliphatic carbocycles. The van der Waals surface area contributed by atoms with E-state index >= 15 is 0 Å². The second-order valence-corrected chi connectivity index (χ2v) is 5.84. The highest BCUT2D eigenvalue weighted by atomic mass is 15.1. The molecule has 2 heteroatoms. The Morgan fingerprint density at radius 1 is 0.812 bits per heavy atom. The SMILES string of the molecule is C1CCCC([NH2+]CC[NH+]2CCCCC2)CC1. The Bertz CT molecular complexity index is 168. The fourth-order valence-electron chi connectivity index (χ4n) is 3.37. The van der Waals surface area contributed by atoms with Crippen molar-refractivity contribution in [3.8, 4) is 0 Å². The Kier molecular flexibility index (Phi) is 5.64. The van der Waals surface area contributed by atoms with Gasteiger partial charge in [-0.15, -0.1) is 0 Å². The second-order valence-electron chi connectivity index (χ2n) is 5.84. The molecule has 3 N–H and O–H groups in total. The van der Waals surface area contributed by atoms with Gasteiger partial charge in [0.05, 0.1) is 19.1 Å². The summed E-state index contributed by atoms with van der Waals surface area (Å²) >= 11 is 0. The molecule has 0 spiro atoms. The van der Waals surface area contributed by atoms with E-state index in [1.165, 1.54) is 84.0 Å². The molecule has 1 aliphatic heterocycles. The fourth-order valence-corrected chi connectivity index (χ4v) is 3.37. The van der Waals surface area contributed by atoms with E-state index in [-0.39, 0.29) is 0 Å². The molecule has 0 unspecified atom stereocenters. The minimum Gasteiger partial charge on any atom is -0.339 e. The molecular formula is C14H30N2+2. The van der Waals surface area contributed by atoms with Gasteiger partial charge in [-0.3, -0.25) is 0 Å². The molecule has 0 aromatic rings. The summed E-state index contributed by atoms with van der Waals surface area (Å²) in [5, 5.41) is 2.66. The van der Waals surface area contributed by atoms with Gasteiger partial charge in [-0.25, -0.2) is 0 Å². The van der Waals surface area contributed by atoms with Crippen molar-refractivity contribution in [2.75, 3.05) is 26.2 Å². The van der Waals surface area contributed by atoms with Crippen LogP contribution < -0.4 is 10.2 Å². The average molecular weight is 226 g/mol. The van der Waals surface area contributed by atoms with Crippen LogP contribution in [0.3, 0.4) is 0 Å². The topological polar surface area (TPSA) is 21.1 Å². The zero-order valence-electron chi connectivity index (χ0n) is 10.8. The smallest absolute Gasteiger partial charge is 0.127 e. The number of rotatable bonds is 4. The fraction of sp³-hybridized carbons (Fsp3) is 1.00. The van der Waals surface area contributed by atoms with Gasteiger partial charge in [0.2, 0.25) is 0 Å². The molecule has 0 aromatic carbocycles. The van der Waals surface area contributed by atoms with Crippen molar-refractivity contribution in [1.82, 2.24) is 0 Å². The molecule has 2 aliphatic rings. The zero-order valence-corrected chi connectivity index (χ0v) is 10.8. The molecule has 0 amide bonds. The largest absolute Gasteiger partial charge is 0.339 e. The standard InChI is InChI=1S/C14H28N2/c1-2-5-9-14(8-4-1)15-10-13-16-11-6-3-7-12-16/h14-15H,1-13H2/p+2. The van der Waals surface area contributed by atoms with E-state index < -0.39 is 0 Å². The number of likely N-dealkylation sites (tertiary alicyclic amines) is 1. The van der Waals surface area contributed by atoms with Crippen molar-refractivity contribution < 1.29 is 10.2 Å². The normalized spacial score (nSPS) is 25.5. The van der Waals surface area contributed by atoms with Crippen LogP contribution in [0.25, 0.3) is 0 Å². The molecular weight excluding hydrogens is 196 g/mol. The lowest BCUT2D eigenvalue weighted by atomic mass is 10.1. The molecule has 2 rings (SSSR count). The van der Waals surface area contributed by atoms with Crippen LogP contribution in [0, 0.1) is 0 Å². The number of nitrogens with two attached hydrogens (primary N) is 1. The first-order chi connectivity index (χ1) is 7.95. The predicted molar refractivity (Wildman–Crippen MR) is 67.7 cm³/mol. The van der Waals surface area contributed by atoms with E-state index in [2.05, 4.69) is 5.32 Å². The highest BCUT2D eigenvalue weighted by Gasteiger charge is 2.17. The first kappa shape index (κ1) is 12.4. The van der Waals surface area contributed by atoms with E-state index in [0.29, 0.717) is 0 Å². The summed E-state index contributed by atoms with van der Waals surface area (Å²) in [6, 6.07) is 0.965. The van der Waals surface area contributed by atoms with Gasteiger partial charge in [0.1, 0.15) is 13.1 Å². The Hall–Kier alpha value is -0.0800. The maximum absolute atomic E-state index is 2.66. The van der Waals surface area contributed by atoms with Crippen molar-refractivity contribution in [2.24, 2.45) is 0 Å². The van der Waals surface area contributed by atoms with Crippen molar-refractivity contribution in [3.05, 3.63) is 0 Å². The quantitative estimate of drug-likeness (QED) is 0.645. The van der Waals surface area contributed by atoms with Gasteiger partial charge in [-0.1, -0.05) is 12.8 Å². The van der Waals surface area contributed by atoms with Crippen LogP contribution in [0.1, 0.15) is 57.8 Å². The Labute approximate surface area is 101 Å². The summed E-state index contributed by atoms with van der Waals surface area (Å²) < 4.78 is 0. The van der Waals surface area contributed by atoms with Crippen molar-refractivity contribution in [1.29, 1.82) is 0 Å². The molecule has 1 saturated heterocycles. The second kappa shape index (κ2) is 7.29. The lowest BCUT2D eigenvalue weighted by Crippen LogP contribution is -3.15. The van der Waals surface area contributed by atoms with Gasteiger partial charge in [0.25, 0.3) is 0 Å². The third-order valence-electron chi connectivity index (χ3n) is 4.46. The van der Waals surface area contributed by atoms with Gasteiger partial charge >= 0.3 is 0 Å². The highest BCUT2D eigenvalue weighted by molar-refractivity contribution is 4.61. The summed E-state index contributed by atoms with van der Waals surface area (Å²) in [7, 11) is 0. The number of hydrogen-bond donors (Lipinski definition) is 2. The monoisotopic (exact) mass is 226 g/mol. The molecule has 0 bridgehead atoms. The van der Waals surface area contributed by atoms with Crippen LogP contribution in [0.5, 0.6) is 0 Å². The number of quaternary nitrogens is 2. The summed E-state index contributed by atoms with van der Waals surface area (Å²) in [6.07, 6.45) is 13.3. The molecule has 1 saturated carbocycles. The lowest BCUT2D eigenvalue weighted by molar-refractivity contribution is -0.918. The maximum Gasteiger partial charge on any atom is 0.127 e. The molecule has 0 aromatic heterocycles.